The van der Waals surface area contributed by atoms with Gasteiger partial charge in [0.15, 0.2) is 0 Å². The van der Waals surface area contributed by atoms with Gasteiger partial charge in [0.2, 0.25) is 0 Å². The summed E-state index contributed by atoms with van der Waals surface area (Å²) in [5.74, 6) is 5.55. The summed E-state index contributed by atoms with van der Waals surface area (Å²) in [6, 6.07) is 6.51. The number of nitrogens with two attached hydrogens (primary N) is 1. The lowest BCUT2D eigenvalue weighted by atomic mass is 10.0. The van der Waals surface area contributed by atoms with Gasteiger partial charge in [0.25, 0.3) is 0 Å². The normalized spacial score (nSPS) is 12.8. The highest BCUT2D eigenvalue weighted by molar-refractivity contribution is 6.31. The third-order valence-corrected chi connectivity index (χ3v) is 3.17. The number of unbranched alkanes of at least 4 members (excludes halogenated alkanes) is 1. The van der Waals surface area contributed by atoms with Gasteiger partial charge < -0.3 is 0 Å². The Balaban J connectivity index is 2.62. The smallest absolute Gasteiger partial charge is 0.0441 e. The summed E-state index contributed by atoms with van der Waals surface area (Å²) >= 11 is 6.20. The van der Waals surface area contributed by atoms with Crippen LogP contribution in [0.4, 0.5) is 0 Å². The largest absolute Gasteiger partial charge is 0.271 e. The average Bonchev–Trinajstić information content (AvgIpc) is 2.27. The minimum Gasteiger partial charge on any atom is -0.271 e. The van der Waals surface area contributed by atoms with Crippen molar-refractivity contribution in [3.05, 3.63) is 34.3 Å². The summed E-state index contributed by atoms with van der Waals surface area (Å²) in [6.45, 7) is 4.23. The van der Waals surface area contributed by atoms with Crippen LogP contribution in [0.2, 0.25) is 5.02 Å². The van der Waals surface area contributed by atoms with Crippen LogP contribution >= 0.6 is 11.6 Å². The van der Waals surface area contributed by atoms with E-state index in [4.69, 9.17) is 17.4 Å². The first kappa shape index (κ1) is 13.5. The second-order valence-electron chi connectivity index (χ2n) is 4.30. The SMILES string of the molecule is CCCCC(Cc1ccc(C)cc1Cl)NN. The van der Waals surface area contributed by atoms with E-state index in [0.29, 0.717) is 6.04 Å². The molecule has 0 aliphatic rings. The first-order chi connectivity index (χ1) is 7.67. The molecule has 2 nitrogen and oxygen atoms in total. The lowest BCUT2D eigenvalue weighted by molar-refractivity contribution is 0.473. The van der Waals surface area contributed by atoms with Gasteiger partial charge in [-0.25, -0.2) is 0 Å². The van der Waals surface area contributed by atoms with Gasteiger partial charge in [-0.1, -0.05) is 43.5 Å². The third kappa shape index (κ3) is 4.12. The van der Waals surface area contributed by atoms with E-state index in [0.717, 1.165) is 17.9 Å². The molecule has 0 radical (unpaired) electrons. The monoisotopic (exact) mass is 240 g/mol. The average molecular weight is 241 g/mol. The molecule has 3 heteroatoms. The lowest BCUT2D eigenvalue weighted by Gasteiger charge is -2.16. The fourth-order valence-electron chi connectivity index (χ4n) is 1.78. The van der Waals surface area contributed by atoms with Crippen LogP contribution in [-0.2, 0) is 6.42 Å². The molecule has 0 aliphatic carbocycles. The van der Waals surface area contributed by atoms with Gasteiger partial charge in [0, 0.05) is 11.1 Å². The molecule has 0 saturated carbocycles. The van der Waals surface area contributed by atoms with Gasteiger partial charge in [0.05, 0.1) is 0 Å². The second kappa shape index (κ2) is 6.89. The van der Waals surface area contributed by atoms with Crippen molar-refractivity contribution in [3.63, 3.8) is 0 Å². The number of nitrogens with one attached hydrogen (secondary N) is 1. The molecule has 3 N–H and O–H groups in total. The van der Waals surface area contributed by atoms with Crippen molar-refractivity contribution in [2.24, 2.45) is 5.84 Å². The second-order valence-corrected chi connectivity index (χ2v) is 4.71. The zero-order valence-corrected chi connectivity index (χ0v) is 10.8. The van der Waals surface area contributed by atoms with Gasteiger partial charge in [-0.2, -0.15) is 0 Å². The quantitative estimate of drug-likeness (QED) is 0.592. The Morgan fingerprint density at radius 1 is 1.44 bits per heavy atom. The molecule has 0 aliphatic heterocycles. The van der Waals surface area contributed by atoms with E-state index in [-0.39, 0.29) is 0 Å². The minimum atomic E-state index is 0.320. The van der Waals surface area contributed by atoms with E-state index < -0.39 is 0 Å². The Morgan fingerprint density at radius 3 is 2.75 bits per heavy atom. The van der Waals surface area contributed by atoms with Crippen molar-refractivity contribution in [3.8, 4) is 0 Å². The Kier molecular flexibility index (Phi) is 5.81. The molecule has 0 spiro atoms. The number of hydrazine groups is 1. The fraction of sp³-hybridized carbons (Fsp3) is 0.538. The molecule has 1 atom stereocenters. The molecule has 0 aromatic heterocycles. The predicted molar refractivity (Wildman–Crippen MR) is 70.5 cm³/mol. The van der Waals surface area contributed by atoms with Crippen molar-refractivity contribution in [1.82, 2.24) is 5.43 Å². The van der Waals surface area contributed by atoms with Crippen LogP contribution in [0.1, 0.15) is 37.3 Å². The molecule has 1 rings (SSSR count). The number of benzene rings is 1. The van der Waals surface area contributed by atoms with Crippen molar-refractivity contribution in [2.45, 2.75) is 45.6 Å². The molecular formula is C13H21ClN2. The molecule has 0 amide bonds. The van der Waals surface area contributed by atoms with E-state index in [9.17, 15) is 0 Å². The van der Waals surface area contributed by atoms with E-state index in [1.807, 2.05) is 13.0 Å². The van der Waals surface area contributed by atoms with Crippen LogP contribution in [-0.4, -0.2) is 6.04 Å². The van der Waals surface area contributed by atoms with Gasteiger partial charge in [0.1, 0.15) is 0 Å². The number of rotatable bonds is 6. The molecule has 0 saturated heterocycles. The third-order valence-electron chi connectivity index (χ3n) is 2.82. The molecule has 1 aromatic rings. The highest BCUT2D eigenvalue weighted by atomic mass is 35.5. The van der Waals surface area contributed by atoms with Crippen molar-refractivity contribution in [1.29, 1.82) is 0 Å². The number of halogens is 1. The zero-order valence-electron chi connectivity index (χ0n) is 10.1. The van der Waals surface area contributed by atoms with Crippen LogP contribution in [0.5, 0.6) is 0 Å². The summed E-state index contributed by atoms with van der Waals surface area (Å²) in [7, 11) is 0. The summed E-state index contributed by atoms with van der Waals surface area (Å²) in [5, 5.41) is 0.844. The van der Waals surface area contributed by atoms with E-state index in [1.165, 1.54) is 24.0 Å². The van der Waals surface area contributed by atoms with Gasteiger partial charge in [-0.05, 0) is 37.0 Å². The maximum atomic E-state index is 6.20. The predicted octanol–water partition coefficient (Wildman–Crippen LogP) is 3.21. The standard InChI is InChI=1S/C13H21ClN2/c1-3-4-5-12(16-15)9-11-7-6-10(2)8-13(11)14/h6-8,12,16H,3-5,9,15H2,1-2H3. The minimum absolute atomic E-state index is 0.320. The van der Waals surface area contributed by atoms with Gasteiger partial charge >= 0.3 is 0 Å². The van der Waals surface area contributed by atoms with Crippen molar-refractivity contribution >= 4 is 11.6 Å². The van der Waals surface area contributed by atoms with Crippen LogP contribution in [0.15, 0.2) is 18.2 Å². The van der Waals surface area contributed by atoms with Crippen LogP contribution < -0.4 is 11.3 Å². The van der Waals surface area contributed by atoms with Crippen molar-refractivity contribution in [2.75, 3.05) is 0 Å². The highest BCUT2D eigenvalue weighted by Gasteiger charge is 2.09. The summed E-state index contributed by atoms with van der Waals surface area (Å²) in [4.78, 5) is 0. The van der Waals surface area contributed by atoms with Crippen LogP contribution in [0.25, 0.3) is 0 Å². The lowest BCUT2D eigenvalue weighted by Crippen LogP contribution is -2.36. The number of hydrogen-bond acceptors (Lipinski definition) is 2. The molecule has 0 fully saturated rings. The van der Waals surface area contributed by atoms with E-state index >= 15 is 0 Å². The first-order valence-electron chi connectivity index (χ1n) is 5.88. The maximum absolute atomic E-state index is 6.20. The summed E-state index contributed by atoms with van der Waals surface area (Å²) in [5.41, 5.74) is 5.24. The zero-order chi connectivity index (χ0) is 12.0. The maximum Gasteiger partial charge on any atom is 0.0441 e. The van der Waals surface area contributed by atoms with Gasteiger partial charge in [-0.3, -0.25) is 11.3 Å². The summed E-state index contributed by atoms with van der Waals surface area (Å²) < 4.78 is 0. The number of aryl methyl sites for hydroxylation is 1. The molecule has 0 bridgehead atoms. The molecule has 90 valence electrons. The topological polar surface area (TPSA) is 38.0 Å². The Morgan fingerprint density at radius 2 is 2.19 bits per heavy atom. The summed E-state index contributed by atoms with van der Waals surface area (Å²) in [6.07, 6.45) is 4.38. The highest BCUT2D eigenvalue weighted by Crippen LogP contribution is 2.20. The molecular weight excluding hydrogens is 220 g/mol. The Bertz CT molecular complexity index is 326. The molecule has 0 heterocycles. The molecule has 1 aromatic carbocycles. The fourth-order valence-corrected chi connectivity index (χ4v) is 2.09. The Hall–Kier alpha value is -0.570. The van der Waals surface area contributed by atoms with E-state index in [1.54, 1.807) is 0 Å². The molecule has 1 unspecified atom stereocenters. The van der Waals surface area contributed by atoms with Crippen LogP contribution in [0, 0.1) is 6.92 Å². The van der Waals surface area contributed by atoms with Crippen molar-refractivity contribution < 1.29 is 0 Å². The van der Waals surface area contributed by atoms with E-state index in [2.05, 4.69) is 24.5 Å². The number of hydrogen-bond donors (Lipinski definition) is 2. The van der Waals surface area contributed by atoms with Crippen LogP contribution in [0.3, 0.4) is 0 Å². The molecule has 16 heavy (non-hydrogen) atoms. The van der Waals surface area contributed by atoms with Gasteiger partial charge in [-0.15, -0.1) is 0 Å². The first-order valence-corrected chi connectivity index (χ1v) is 6.26. The Labute approximate surface area is 103 Å².